The largest absolute Gasteiger partial charge is 0.378 e. The molecule has 1 fully saturated rings. The van der Waals surface area contributed by atoms with Gasteiger partial charge in [-0.2, -0.15) is 0 Å². The maximum atomic E-state index is 5.97. The van der Waals surface area contributed by atoms with Crippen LogP contribution in [0, 0.1) is 11.8 Å². The molecule has 4 atom stereocenters. The van der Waals surface area contributed by atoms with Gasteiger partial charge in [0, 0.05) is 12.6 Å². The summed E-state index contributed by atoms with van der Waals surface area (Å²) in [5.74, 6) is 1.74. The summed E-state index contributed by atoms with van der Waals surface area (Å²) in [5, 5.41) is 3.26. The molecule has 0 amide bonds. The molecule has 1 rings (SSSR count). The van der Waals surface area contributed by atoms with Gasteiger partial charge in [-0.1, -0.05) is 13.8 Å². The van der Waals surface area contributed by atoms with Gasteiger partial charge < -0.3 is 10.1 Å². The number of hydrogen-bond donors (Lipinski definition) is 1. The van der Waals surface area contributed by atoms with Crippen LogP contribution in [0.5, 0.6) is 0 Å². The van der Waals surface area contributed by atoms with Crippen molar-refractivity contribution in [3.05, 3.63) is 0 Å². The Kier molecular flexibility index (Phi) is 6.37. The summed E-state index contributed by atoms with van der Waals surface area (Å²) in [6, 6.07) is 0.619. The third-order valence-electron chi connectivity index (χ3n) is 4.18. The lowest BCUT2D eigenvalue weighted by atomic mass is 9.80. The molecule has 2 heteroatoms. The average Bonchev–Trinajstić information content (AvgIpc) is 2.28. The molecular formula is C14H29NO. The highest BCUT2D eigenvalue weighted by Gasteiger charge is 2.24. The molecule has 1 N–H and O–H groups in total. The van der Waals surface area contributed by atoms with Crippen molar-refractivity contribution < 1.29 is 4.74 Å². The Balaban J connectivity index is 2.05. The highest BCUT2D eigenvalue weighted by molar-refractivity contribution is 4.75. The second kappa shape index (κ2) is 7.29. The van der Waals surface area contributed by atoms with Gasteiger partial charge in [-0.3, -0.25) is 0 Å². The van der Waals surface area contributed by atoms with E-state index in [1.165, 1.54) is 32.1 Å². The monoisotopic (exact) mass is 227 g/mol. The molecule has 0 aliphatic heterocycles. The van der Waals surface area contributed by atoms with Crippen LogP contribution in [0.25, 0.3) is 0 Å². The van der Waals surface area contributed by atoms with Crippen LogP contribution in [0.2, 0.25) is 0 Å². The van der Waals surface area contributed by atoms with Crippen LogP contribution < -0.4 is 5.32 Å². The second-order valence-electron chi connectivity index (χ2n) is 5.59. The fourth-order valence-corrected chi connectivity index (χ4v) is 2.43. The van der Waals surface area contributed by atoms with Crippen LogP contribution in [-0.2, 0) is 4.74 Å². The summed E-state index contributed by atoms with van der Waals surface area (Å²) in [4.78, 5) is 0. The van der Waals surface area contributed by atoms with E-state index in [1.807, 2.05) is 7.05 Å². The van der Waals surface area contributed by atoms with Crippen LogP contribution in [0.15, 0.2) is 0 Å². The van der Waals surface area contributed by atoms with E-state index < -0.39 is 0 Å². The lowest BCUT2D eigenvalue weighted by molar-refractivity contribution is 0.000628. The van der Waals surface area contributed by atoms with Crippen molar-refractivity contribution in [2.24, 2.45) is 11.8 Å². The van der Waals surface area contributed by atoms with E-state index in [2.05, 4.69) is 26.1 Å². The Morgan fingerprint density at radius 3 is 2.62 bits per heavy atom. The van der Waals surface area contributed by atoms with Gasteiger partial charge in [0.1, 0.15) is 0 Å². The fraction of sp³-hybridized carbons (Fsp3) is 1.00. The lowest BCUT2D eigenvalue weighted by Crippen LogP contribution is -2.27. The number of hydrogen-bond acceptors (Lipinski definition) is 2. The van der Waals surface area contributed by atoms with Gasteiger partial charge in [-0.25, -0.2) is 0 Å². The Hall–Kier alpha value is -0.0800. The normalized spacial score (nSPS) is 32.6. The summed E-state index contributed by atoms with van der Waals surface area (Å²) in [6.07, 6.45) is 6.82. The van der Waals surface area contributed by atoms with Crippen molar-refractivity contribution in [2.45, 2.75) is 65.0 Å². The quantitative estimate of drug-likeness (QED) is 0.704. The molecule has 96 valence electrons. The first-order valence-electron chi connectivity index (χ1n) is 6.92. The Labute approximate surface area is 101 Å². The van der Waals surface area contributed by atoms with Gasteiger partial charge >= 0.3 is 0 Å². The van der Waals surface area contributed by atoms with Crippen molar-refractivity contribution in [2.75, 3.05) is 13.7 Å². The molecule has 2 nitrogen and oxygen atoms in total. The van der Waals surface area contributed by atoms with Crippen molar-refractivity contribution in [3.63, 3.8) is 0 Å². The SMILES string of the molecule is CNC(C)CCCOC1CCC(C)C(C)C1. The van der Waals surface area contributed by atoms with Crippen molar-refractivity contribution in [3.8, 4) is 0 Å². The highest BCUT2D eigenvalue weighted by atomic mass is 16.5. The van der Waals surface area contributed by atoms with E-state index in [1.54, 1.807) is 0 Å². The summed E-state index contributed by atoms with van der Waals surface area (Å²) >= 11 is 0. The van der Waals surface area contributed by atoms with Crippen LogP contribution in [0.4, 0.5) is 0 Å². The smallest absolute Gasteiger partial charge is 0.0577 e. The summed E-state index contributed by atoms with van der Waals surface area (Å²) < 4.78 is 5.97. The number of rotatable bonds is 6. The molecule has 1 saturated carbocycles. The van der Waals surface area contributed by atoms with Gasteiger partial charge in [-0.05, 0) is 57.9 Å². The van der Waals surface area contributed by atoms with E-state index in [0.717, 1.165) is 18.4 Å². The number of ether oxygens (including phenoxy) is 1. The third kappa shape index (κ3) is 4.84. The molecule has 0 bridgehead atoms. The molecule has 16 heavy (non-hydrogen) atoms. The van der Waals surface area contributed by atoms with Gasteiger partial charge in [0.2, 0.25) is 0 Å². The maximum Gasteiger partial charge on any atom is 0.0577 e. The molecule has 0 aromatic carbocycles. The number of nitrogens with one attached hydrogen (secondary N) is 1. The molecule has 0 spiro atoms. The zero-order chi connectivity index (χ0) is 12.0. The van der Waals surface area contributed by atoms with Crippen LogP contribution >= 0.6 is 0 Å². The molecule has 4 unspecified atom stereocenters. The van der Waals surface area contributed by atoms with E-state index in [-0.39, 0.29) is 0 Å². The van der Waals surface area contributed by atoms with Crippen LogP contribution in [0.3, 0.4) is 0 Å². The van der Waals surface area contributed by atoms with Crippen molar-refractivity contribution >= 4 is 0 Å². The minimum Gasteiger partial charge on any atom is -0.378 e. The van der Waals surface area contributed by atoms with Gasteiger partial charge in [0.15, 0.2) is 0 Å². The van der Waals surface area contributed by atoms with E-state index in [0.29, 0.717) is 12.1 Å². The van der Waals surface area contributed by atoms with Crippen LogP contribution in [-0.4, -0.2) is 25.8 Å². The molecule has 0 saturated heterocycles. The first-order valence-corrected chi connectivity index (χ1v) is 6.92. The topological polar surface area (TPSA) is 21.3 Å². The predicted molar refractivity (Wildman–Crippen MR) is 69.7 cm³/mol. The minimum absolute atomic E-state index is 0.538. The molecule has 0 radical (unpaired) electrons. The molecule has 1 aliphatic rings. The standard InChI is InChI=1S/C14H29NO/c1-11-7-8-14(10-12(11)2)16-9-5-6-13(3)15-4/h11-15H,5-10H2,1-4H3. The predicted octanol–water partition coefficient (Wildman–Crippen LogP) is 3.22. The maximum absolute atomic E-state index is 5.97. The average molecular weight is 227 g/mol. The zero-order valence-corrected chi connectivity index (χ0v) is 11.5. The molecular weight excluding hydrogens is 198 g/mol. The first kappa shape index (κ1) is 14.0. The zero-order valence-electron chi connectivity index (χ0n) is 11.5. The molecule has 0 aromatic rings. The highest BCUT2D eigenvalue weighted by Crippen LogP contribution is 2.30. The second-order valence-corrected chi connectivity index (χ2v) is 5.59. The summed E-state index contributed by atoms with van der Waals surface area (Å²) in [6.45, 7) is 7.90. The van der Waals surface area contributed by atoms with Crippen LogP contribution in [0.1, 0.15) is 52.9 Å². The molecule has 1 aliphatic carbocycles. The van der Waals surface area contributed by atoms with Crippen molar-refractivity contribution in [1.29, 1.82) is 0 Å². The summed E-state index contributed by atoms with van der Waals surface area (Å²) in [5.41, 5.74) is 0. The van der Waals surface area contributed by atoms with E-state index in [4.69, 9.17) is 4.74 Å². The Bertz CT molecular complexity index is 184. The lowest BCUT2D eigenvalue weighted by Gasteiger charge is -2.32. The first-order chi connectivity index (χ1) is 7.63. The molecule has 0 heterocycles. The Morgan fingerprint density at radius 2 is 2.00 bits per heavy atom. The van der Waals surface area contributed by atoms with E-state index in [9.17, 15) is 0 Å². The Morgan fingerprint density at radius 1 is 1.25 bits per heavy atom. The summed E-state index contributed by atoms with van der Waals surface area (Å²) in [7, 11) is 2.02. The van der Waals surface area contributed by atoms with Crippen molar-refractivity contribution in [1.82, 2.24) is 5.32 Å². The molecule has 0 aromatic heterocycles. The van der Waals surface area contributed by atoms with Gasteiger partial charge in [-0.15, -0.1) is 0 Å². The van der Waals surface area contributed by atoms with Gasteiger partial charge in [0.05, 0.1) is 6.10 Å². The van der Waals surface area contributed by atoms with Gasteiger partial charge in [0.25, 0.3) is 0 Å². The third-order valence-corrected chi connectivity index (χ3v) is 4.18. The van der Waals surface area contributed by atoms with E-state index >= 15 is 0 Å². The minimum atomic E-state index is 0.538. The fourth-order valence-electron chi connectivity index (χ4n) is 2.43.